The van der Waals surface area contributed by atoms with Gasteiger partial charge in [-0.15, -0.1) is 0 Å². The van der Waals surface area contributed by atoms with Gasteiger partial charge in [0.15, 0.2) is 0 Å². The molecule has 0 saturated carbocycles. The Balaban J connectivity index is 1.50. The number of cyclic esters (lactones) is 1. The molecule has 1 saturated heterocycles. The summed E-state index contributed by atoms with van der Waals surface area (Å²) < 4.78 is 5.58. The molecule has 0 unspecified atom stereocenters. The molecule has 1 fully saturated rings. The van der Waals surface area contributed by atoms with Crippen molar-refractivity contribution < 1.29 is 19.4 Å². The molecule has 6 nitrogen and oxygen atoms in total. The zero-order valence-electron chi connectivity index (χ0n) is 19.2. The number of benzene rings is 3. The van der Waals surface area contributed by atoms with Crippen LogP contribution in [0.3, 0.4) is 0 Å². The van der Waals surface area contributed by atoms with Crippen LogP contribution in [0.25, 0.3) is 0 Å². The number of aliphatic hydroxyl groups is 1. The Hall–Kier alpha value is -3.48. The Labute approximate surface area is 200 Å². The molecule has 4 rings (SSSR count). The number of rotatable bonds is 9. The summed E-state index contributed by atoms with van der Waals surface area (Å²) in [5.41, 5.74) is 2.84. The van der Waals surface area contributed by atoms with Gasteiger partial charge in [-0.1, -0.05) is 91.0 Å². The smallest absolute Gasteiger partial charge is 0.417 e. The SMILES string of the molecule is C[C@@H]1[C@H](c2ccccc2)OC(=O)N1C(=O)[C@@H](Cc1ccccc1)[C@@H](O)CNCc1ccccc1. The van der Waals surface area contributed by atoms with Gasteiger partial charge < -0.3 is 15.2 Å². The number of aliphatic hydroxyl groups excluding tert-OH is 1. The third-order valence-corrected chi connectivity index (χ3v) is 6.24. The zero-order chi connectivity index (χ0) is 23.9. The van der Waals surface area contributed by atoms with E-state index in [1.165, 1.54) is 4.90 Å². The van der Waals surface area contributed by atoms with Gasteiger partial charge in [0.25, 0.3) is 0 Å². The molecule has 4 atom stereocenters. The second-order valence-electron chi connectivity index (χ2n) is 8.64. The van der Waals surface area contributed by atoms with Gasteiger partial charge >= 0.3 is 6.09 Å². The summed E-state index contributed by atoms with van der Waals surface area (Å²) in [6.07, 6.45) is -1.87. The summed E-state index contributed by atoms with van der Waals surface area (Å²) in [6, 6.07) is 28.3. The quantitative estimate of drug-likeness (QED) is 0.505. The highest BCUT2D eigenvalue weighted by atomic mass is 16.6. The molecule has 6 heteroatoms. The molecule has 0 spiro atoms. The fraction of sp³-hybridized carbons (Fsp3) is 0.286. The van der Waals surface area contributed by atoms with Crippen molar-refractivity contribution in [2.24, 2.45) is 5.92 Å². The fourth-order valence-electron chi connectivity index (χ4n) is 4.38. The molecule has 1 aliphatic rings. The van der Waals surface area contributed by atoms with Crippen molar-refractivity contribution in [1.82, 2.24) is 10.2 Å². The molecular formula is C28H30N2O4. The first-order valence-corrected chi connectivity index (χ1v) is 11.6. The van der Waals surface area contributed by atoms with Crippen molar-refractivity contribution in [3.63, 3.8) is 0 Å². The Kier molecular flexibility index (Phi) is 7.72. The Bertz CT molecular complexity index is 1080. The van der Waals surface area contributed by atoms with Gasteiger partial charge in [0.2, 0.25) is 5.91 Å². The number of hydrogen-bond donors (Lipinski definition) is 2. The first-order chi connectivity index (χ1) is 16.5. The van der Waals surface area contributed by atoms with Crippen LogP contribution in [0.15, 0.2) is 91.0 Å². The topological polar surface area (TPSA) is 78.9 Å². The number of amides is 2. The highest BCUT2D eigenvalue weighted by Crippen LogP contribution is 2.34. The molecule has 1 aliphatic heterocycles. The maximum atomic E-state index is 13.7. The zero-order valence-corrected chi connectivity index (χ0v) is 19.2. The van der Waals surface area contributed by atoms with Crippen LogP contribution in [0.1, 0.15) is 29.7 Å². The van der Waals surface area contributed by atoms with Gasteiger partial charge in [-0.3, -0.25) is 4.79 Å². The standard InChI is InChI=1S/C28H30N2O4/c1-20-26(23-15-9-4-10-16-23)34-28(33)30(20)27(32)24(17-21-11-5-2-6-12-21)25(31)19-29-18-22-13-7-3-8-14-22/h2-16,20,24-26,29,31H,17-19H2,1H3/t20-,24+,25+,26-/m1/s1. The first kappa shape index (κ1) is 23.7. The van der Waals surface area contributed by atoms with E-state index in [-0.39, 0.29) is 6.54 Å². The number of imide groups is 1. The molecule has 0 bridgehead atoms. The number of carbonyl (C=O) groups is 2. The molecule has 176 valence electrons. The van der Waals surface area contributed by atoms with E-state index in [1.807, 2.05) is 91.0 Å². The second-order valence-corrected chi connectivity index (χ2v) is 8.64. The maximum absolute atomic E-state index is 13.7. The van der Waals surface area contributed by atoms with Crippen molar-refractivity contribution in [3.05, 3.63) is 108 Å². The largest absolute Gasteiger partial charge is 0.439 e. The molecule has 3 aromatic rings. The van der Waals surface area contributed by atoms with E-state index in [4.69, 9.17) is 4.74 Å². The van der Waals surface area contributed by atoms with Crippen LogP contribution in [0, 0.1) is 5.92 Å². The lowest BCUT2D eigenvalue weighted by Gasteiger charge is -2.28. The van der Waals surface area contributed by atoms with Crippen molar-refractivity contribution in [1.29, 1.82) is 0 Å². The number of nitrogens with zero attached hydrogens (tertiary/aromatic N) is 1. The van der Waals surface area contributed by atoms with Crippen LogP contribution < -0.4 is 5.32 Å². The minimum absolute atomic E-state index is 0.220. The Morgan fingerprint density at radius 2 is 1.50 bits per heavy atom. The van der Waals surface area contributed by atoms with E-state index in [9.17, 15) is 14.7 Å². The van der Waals surface area contributed by atoms with E-state index in [2.05, 4.69) is 5.32 Å². The van der Waals surface area contributed by atoms with Crippen molar-refractivity contribution in [2.75, 3.05) is 6.54 Å². The molecule has 34 heavy (non-hydrogen) atoms. The summed E-state index contributed by atoms with van der Waals surface area (Å²) in [5.74, 6) is -1.22. The van der Waals surface area contributed by atoms with Crippen LogP contribution in [0.5, 0.6) is 0 Å². The summed E-state index contributed by atoms with van der Waals surface area (Å²) >= 11 is 0. The molecule has 0 aliphatic carbocycles. The maximum Gasteiger partial charge on any atom is 0.417 e. The predicted molar refractivity (Wildman–Crippen MR) is 130 cm³/mol. The molecule has 3 aromatic carbocycles. The summed E-state index contributed by atoms with van der Waals surface area (Å²) in [7, 11) is 0. The van der Waals surface area contributed by atoms with E-state index in [1.54, 1.807) is 6.92 Å². The Morgan fingerprint density at radius 1 is 0.941 bits per heavy atom. The molecule has 2 amide bonds. The average Bonchev–Trinajstić information content (AvgIpc) is 3.17. The molecule has 2 N–H and O–H groups in total. The van der Waals surface area contributed by atoms with E-state index >= 15 is 0 Å². The highest BCUT2D eigenvalue weighted by Gasteiger charge is 2.46. The van der Waals surface area contributed by atoms with Gasteiger partial charge in [0.05, 0.1) is 18.1 Å². The normalized spacial score (nSPS) is 19.5. The molecule has 0 aromatic heterocycles. The Morgan fingerprint density at radius 3 is 2.12 bits per heavy atom. The summed E-state index contributed by atoms with van der Waals surface area (Å²) in [4.78, 5) is 27.6. The lowest BCUT2D eigenvalue weighted by Crippen LogP contribution is -2.48. The van der Waals surface area contributed by atoms with E-state index in [0.717, 1.165) is 16.7 Å². The van der Waals surface area contributed by atoms with Gasteiger partial charge in [0.1, 0.15) is 6.10 Å². The third kappa shape index (κ3) is 5.53. The van der Waals surface area contributed by atoms with Crippen LogP contribution in [-0.4, -0.2) is 40.7 Å². The first-order valence-electron chi connectivity index (χ1n) is 11.6. The molecule has 1 heterocycles. The van der Waals surface area contributed by atoms with E-state index in [0.29, 0.717) is 13.0 Å². The fourth-order valence-corrected chi connectivity index (χ4v) is 4.38. The van der Waals surface area contributed by atoms with E-state index < -0.39 is 36.2 Å². The monoisotopic (exact) mass is 458 g/mol. The van der Waals surface area contributed by atoms with Crippen molar-refractivity contribution >= 4 is 12.0 Å². The number of hydrogen-bond acceptors (Lipinski definition) is 5. The number of nitrogens with one attached hydrogen (secondary N) is 1. The van der Waals surface area contributed by atoms with Gasteiger partial charge in [-0.25, -0.2) is 9.69 Å². The number of carbonyl (C=O) groups excluding carboxylic acids is 2. The van der Waals surface area contributed by atoms with Crippen molar-refractivity contribution in [3.8, 4) is 0 Å². The van der Waals surface area contributed by atoms with Crippen molar-refractivity contribution in [2.45, 2.75) is 38.1 Å². The van der Waals surface area contributed by atoms with Gasteiger partial charge in [0, 0.05) is 13.1 Å². The lowest BCUT2D eigenvalue weighted by atomic mass is 9.91. The van der Waals surface area contributed by atoms with Gasteiger partial charge in [-0.2, -0.15) is 0 Å². The van der Waals surface area contributed by atoms with Crippen LogP contribution >= 0.6 is 0 Å². The van der Waals surface area contributed by atoms with Crippen LogP contribution in [-0.2, 0) is 22.5 Å². The minimum atomic E-state index is -0.979. The molecule has 0 radical (unpaired) electrons. The number of ether oxygens (including phenoxy) is 1. The predicted octanol–water partition coefficient (Wildman–Crippen LogP) is 4.10. The minimum Gasteiger partial charge on any atom is -0.439 e. The highest BCUT2D eigenvalue weighted by molar-refractivity contribution is 5.95. The summed E-state index contributed by atoms with van der Waals surface area (Å²) in [6.45, 7) is 2.60. The van der Waals surface area contributed by atoms with Crippen LogP contribution in [0.2, 0.25) is 0 Å². The molecular weight excluding hydrogens is 428 g/mol. The summed E-state index contributed by atoms with van der Waals surface area (Å²) in [5, 5.41) is 14.3. The third-order valence-electron chi connectivity index (χ3n) is 6.24. The van der Waals surface area contributed by atoms with Gasteiger partial charge in [-0.05, 0) is 30.0 Å². The average molecular weight is 459 g/mol. The second kappa shape index (κ2) is 11.1. The lowest BCUT2D eigenvalue weighted by molar-refractivity contribution is -0.137. The van der Waals surface area contributed by atoms with Crippen LogP contribution in [0.4, 0.5) is 4.79 Å².